The van der Waals surface area contributed by atoms with Gasteiger partial charge in [0.2, 0.25) is 5.43 Å². The summed E-state index contributed by atoms with van der Waals surface area (Å²) in [6.07, 6.45) is 0. The summed E-state index contributed by atoms with van der Waals surface area (Å²) in [5, 5.41) is 20.0. The van der Waals surface area contributed by atoms with Crippen LogP contribution in [0, 0.1) is 0 Å². The highest BCUT2D eigenvalue weighted by Crippen LogP contribution is 2.32. The summed E-state index contributed by atoms with van der Waals surface area (Å²) in [6.45, 7) is 0. The van der Waals surface area contributed by atoms with Gasteiger partial charge in [-0.3, -0.25) is 4.79 Å². The molecule has 0 radical (unpaired) electrons. The molecular formula is C20H12O5. The molecule has 5 heteroatoms. The molecule has 5 nitrogen and oxygen atoms in total. The summed E-state index contributed by atoms with van der Waals surface area (Å²) < 4.78 is 5.77. The first-order valence-electron chi connectivity index (χ1n) is 7.57. The van der Waals surface area contributed by atoms with Crippen molar-refractivity contribution in [1.29, 1.82) is 0 Å². The van der Waals surface area contributed by atoms with Gasteiger partial charge in [-0.25, -0.2) is 4.79 Å². The number of hydrogen-bond acceptors (Lipinski definition) is 4. The van der Waals surface area contributed by atoms with Crippen molar-refractivity contribution in [1.82, 2.24) is 0 Å². The van der Waals surface area contributed by atoms with E-state index < -0.39 is 5.97 Å². The number of carboxylic acid groups (broad SMARTS) is 1. The van der Waals surface area contributed by atoms with E-state index in [1.807, 2.05) is 0 Å². The minimum Gasteiger partial charge on any atom is -0.507 e. The van der Waals surface area contributed by atoms with Crippen molar-refractivity contribution < 1.29 is 19.4 Å². The van der Waals surface area contributed by atoms with Crippen LogP contribution in [0.1, 0.15) is 10.4 Å². The molecule has 0 unspecified atom stereocenters. The first-order valence-corrected chi connectivity index (χ1v) is 7.57. The molecule has 1 aromatic heterocycles. The van der Waals surface area contributed by atoms with Crippen LogP contribution in [0.4, 0.5) is 0 Å². The molecule has 122 valence electrons. The number of para-hydroxylation sites is 1. The molecular weight excluding hydrogens is 320 g/mol. The van der Waals surface area contributed by atoms with Crippen molar-refractivity contribution in [3.05, 3.63) is 76.5 Å². The fourth-order valence-corrected chi connectivity index (χ4v) is 2.90. The van der Waals surface area contributed by atoms with E-state index in [1.54, 1.807) is 42.5 Å². The van der Waals surface area contributed by atoms with Gasteiger partial charge in [-0.15, -0.1) is 0 Å². The summed E-state index contributed by atoms with van der Waals surface area (Å²) in [7, 11) is 0. The van der Waals surface area contributed by atoms with Gasteiger partial charge < -0.3 is 14.6 Å². The molecule has 4 aromatic rings. The Hall–Kier alpha value is -3.60. The molecule has 0 aliphatic rings. The Morgan fingerprint density at radius 3 is 2.48 bits per heavy atom. The lowest BCUT2D eigenvalue weighted by molar-refractivity contribution is 0.0697. The highest BCUT2D eigenvalue weighted by atomic mass is 16.4. The molecule has 0 atom stereocenters. The molecule has 2 N–H and O–H groups in total. The zero-order valence-corrected chi connectivity index (χ0v) is 12.9. The molecule has 0 amide bonds. The number of carbonyl (C=O) groups is 1. The van der Waals surface area contributed by atoms with Gasteiger partial charge in [0, 0.05) is 0 Å². The zero-order valence-electron chi connectivity index (χ0n) is 12.9. The normalized spacial score (nSPS) is 11.0. The molecule has 0 fully saturated rings. The molecule has 0 bridgehead atoms. The maximum absolute atomic E-state index is 12.6. The van der Waals surface area contributed by atoms with Crippen molar-refractivity contribution in [2.45, 2.75) is 0 Å². The number of benzene rings is 3. The van der Waals surface area contributed by atoms with Gasteiger partial charge in [-0.1, -0.05) is 24.3 Å². The molecule has 0 aliphatic heterocycles. The lowest BCUT2D eigenvalue weighted by Gasteiger charge is -2.08. The molecule has 1 heterocycles. The minimum atomic E-state index is -1.04. The number of hydrogen-bond donors (Lipinski definition) is 2. The summed E-state index contributed by atoms with van der Waals surface area (Å²) in [5.41, 5.74) is 1.67. The number of rotatable bonds is 2. The predicted molar refractivity (Wildman–Crippen MR) is 94.1 cm³/mol. The number of phenols is 1. The van der Waals surface area contributed by atoms with E-state index >= 15 is 0 Å². The van der Waals surface area contributed by atoms with Crippen LogP contribution < -0.4 is 5.43 Å². The molecule has 3 aromatic carbocycles. The van der Waals surface area contributed by atoms with Crippen LogP contribution >= 0.6 is 0 Å². The topological polar surface area (TPSA) is 87.7 Å². The molecule has 0 saturated heterocycles. The fraction of sp³-hybridized carbons (Fsp3) is 0. The van der Waals surface area contributed by atoms with Crippen LogP contribution in [0.25, 0.3) is 33.1 Å². The second-order valence-electron chi connectivity index (χ2n) is 5.68. The van der Waals surface area contributed by atoms with Crippen LogP contribution in [0.3, 0.4) is 0 Å². The van der Waals surface area contributed by atoms with Crippen LogP contribution in [-0.4, -0.2) is 16.2 Å². The van der Waals surface area contributed by atoms with Crippen molar-refractivity contribution in [2.24, 2.45) is 0 Å². The van der Waals surface area contributed by atoms with Gasteiger partial charge in [0.15, 0.2) is 0 Å². The van der Waals surface area contributed by atoms with Gasteiger partial charge in [0.1, 0.15) is 22.3 Å². The smallest absolute Gasteiger partial charge is 0.335 e. The van der Waals surface area contributed by atoms with E-state index in [0.29, 0.717) is 22.1 Å². The van der Waals surface area contributed by atoms with Gasteiger partial charge >= 0.3 is 5.97 Å². The highest BCUT2D eigenvalue weighted by molar-refractivity contribution is 5.96. The Morgan fingerprint density at radius 1 is 0.880 bits per heavy atom. The average Bonchev–Trinajstić information content (AvgIpc) is 2.61. The van der Waals surface area contributed by atoms with E-state index in [-0.39, 0.29) is 27.7 Å². The second kappa shape index (κ2) is 5.49. The highest BCUT2D eigenvalue weighted by Gasteiger charge is 2.14. The number of carboxylic acids is 1. The Kier molecular flexibility index (Phi) is 3.28. The Balaban J connectivity index is 2.02. The quantitative estimate of drug-likeness (QED) is 0.541. The number of aromatic hydroxyl groups is 1. The lowest BCUT2D eigenvalue weighted by Crippen LogP contribution is -2.02. The average molecular weight is 332 g/mol. The third-order valence-electron chi connectivity index (χ3n) is 4.10. The number of phenolic OH excluding ortho intramolecular Hbond substituents is 1. The number of aromatic carboxylic acids is 1. The maximum Gasteiger partial charge on any atom is 0.335 e. The van der Waals surface area contributed by atoms with E-state index in [0.717, 1.165) is 0 Å². The van der Waals surface area contributed by atoms with E-state index in [4.69, 9.17) is 9.52 Å². The van der Waals surface area contributed by atoms with Gasteiger partial charge in [0.05, 0.1) is 10.9 Å². The van der Waals surface area contributed by atoms with Crippen molar-refractivity contribution in [3.63, 3.8) is 0 Å². The van der Waals surface area contributed by atoms with Crippen molar-refractivity contribution in [2.75, 3.05) is 0 Å². The largest absolute Gasteiger partial charge is 0.507 e. The molecule has 0 spiro atoms. The van der Waals surface area contributed by atoms with Crippen LogP contribution in [0.2, 0.25) is 0 Å². The van der Waals surface area contributed by atoms with Gasteiger partial charge in [0.25, 0.3) is 0 Å². The van der Waals surface area contributed by atoms with Crippen LogP contribution in [-0.2, 0) is 0 Å². The third-order valence-corrected chi connectivity index (χ3v) is 4.10. The molecule has 0 aliphatic carbocycles. The monoisotopic (exact) mass is 332 g/mol. The summed E-state index contributed by atoms with van der Waals surface area (Å²) in [4.78, 5) is 23.7. The summed E-state index contributed by atoms with van der Waals surface area (Å²) >= 11 is 0. The first kappa shape index (κ1) is 15.0. The minimum absolute atomic E-state index is 0.108. The Bertz CT molecular complexity index is 1200. The van der Waals surface area contributed by atoms with E-state index in [1.165, 1.54) is 18.2 Å². The fourth-order valence-electron chi connectivity index (χ4n) is 2.90. The standard InChI is InChI=1S/C20H12O5/c21-15-9-13(11-4-3-5-12(8-11)20(23)24)10-17-18(15)19(22)14-6-1-2-7-16(14)25-17/h1-10,21H,(H,23,24). The SMILES string of the molecule is O=C(O)c1cccc(-c2cc(O)c3c(=O)c4ccccc4oc3c2)c1. The second-order valence-corrected chi connectivity index (χ2v) is 5.68. The van der Waals surface area contributed by atoms with Gasteiger partial charge in [-0.2, -0.15) is 0 Å². The number of fused-ring (bicyclic) bond motifs is 2. The van der Waals surface area contributed by atoms with Crippen LogP contribution in [0.5, 0.6) is 5.75 Å². The lowest BCUT2D eigenvalue weighted by atomic mass is 10.0. The molecule has 25 heavy (non-hydrogen) atoms. The van der Waals surface area contributed by atoms with E-state index in [2.05, 4.69) is 0 Å². The zero-order chi connectivity index (χ0) is 17.6. The van der Waals surface area contributed by atoms with Crippen molar-refractivity contribution in [3.8, 4) is 16.9 Å². The molecule has 0 saturated carbocycles. The predicted octanol–water partition coefficient (Wildman–Crippen LogP) is 4.02. The van der Waals surface area contributed by atoms with Gasteiger partial charge in [-0.05, 0) is 47.5 Å². The first-order chi connectivity index (χ1) is 12.0. The molecule has 4 rings (SSSR count). The van der Waals surface area contributed by atoms with E-state index in [9.17, 15) is 14.7 Å². The summed E-state index contributed by atoms with van der Waals surface area (Å²) in [6, 6.07) is 16.2. The van der Waals surface area contributed by atoms with Crippen molar-refractivity contribution >= 4 is 27.9 Å². The third kappa shape index (κ3) is 2.42. The summed E-state index contributed by atoms with van der Waals surface area (Å²) in [5.74, 6) is -1.24. The Labute approximate surface area is 141 Å². The maximum atomic E-state index is 12.6. The Morgan fingerprint density at radius 2 is 1.68 bits per heavy atom. The van der Waals surface area contributed by atoms with Crippen LogP contribution in [0.15, 0.2) is 69.9 Å².